The molecule has 4 rings (SSSR count). The Morgan fingerprint density at radius 1 is 1.12 bits per heavy atom. The van der Waals surface area contributed by atoms with Crippen LogP contribution in [0.2, 0.25) is 0 Å². The number of nitrogens with zero attached hydrogens (tertiary/aromatic N) is 3. The number of anilines is 1. The molecule has 1 N–H and O–H groups in total. The molecule has 0 spiro atoms. The molecule has 0 bridgehead atoms. The molecule has 0 unspecified atom stereocenters. The van der Waals surface area contributed by atoms with Gasteiger partial charge in [-0.2, -0.15) is 0 Å². The van der Waals surface area contributed by atoms with Gasteiger partial charge >= 0.3 is 0 Å². The minimum absolute atomic E-state index is 0.0829. The fourth-order valence-corrected chi connectivity index (χ4v) is 2.82. The first-order chi connectivity index (χ1) is 11.7. The van der Waals surface area contributed by atoms with Crippen molar-refractivity contribution in [1.29, 1.82) is 0 Å². The lowest BCUT2D eigenvalue weighted by Gasteiger charge is -2.14. The Labute approximate surface area is 138 Å². The van der Waals surface area contributed by atoms with Gasteiger partial charge in [0.25, 0.3) is 0 Å². The maximum Gasteiger partial charge on any atom is 0.236 e. The van der Waals surface area contributed by atoms with Crippen LogP contribution in [-0.2, 0) is 10.2 Å². The van der Waals surface area contributed by atoms with E-state index in [0.29, 0.717) is 5.82 Å². The average molecular weight is 322 g/mol. The zero-order valence-electron chi connectivity index (χ0n) is 12.8. The largest absolute Gasteiger partial charge is 0.308 e. The van der Waals surface area contributed by atoms with Crippen LogP contribution in [0.3, 0.4) is 0 Å². The molecule has 0 atom stereocenters. The molecule has 1 saturated carbocycles. The van der Waals surface area contributed by atoms with Gasteiger partial charge in [0.1, 0.15) is 0 Å². The maximum atomic E-state index is 13.8. The van der Waals surface area contributed by atoms with Crippen LogP contribution in [0.1, 0.15) is 18.4 Å². The predicted molar refractivity (Wildman–Crippen MR) is 87.3 cm³/mol. The van der Waals surface area contributed by atoms with Gasteiger partial charge in [0, 0.05) is 18.5 Å². The van der Waals surface area contributed by atoms with Crippen molar-refractivity contribution in [2.45, 2.75) is 18.3 Å². The quantitative estimate of drug-likeness (QED) is 0.803. The number of carbonyl (C=O) groups excluding carboxylic acids is 1. The average Bonchev–Trinajstić information content (AvgIpc) is 3.31. The molecule has 120 valence electrons. The number of hydrogen-bond acceptors (Lipinski definition) is 3. The van der Waals surface area contributed by atoms with Crippen LogP contribution in [0.5, 0.6) is 0 Å². The van der Waals surface area contributed by atoms with Crippen LogP contribution < -0.4 is 5.32 Å². The lowest BCUT2D eigenvalue weighted by Crippen LogP contribution is -2.28. The summed E-state index contributed by atoms with van der Waals surface area (Å²) in [6.45, 7) is 0. The van der Waals surface area contributed by atoms with E-state index < -0.39 is 11.2 Å². The SMILES string of the molecule is O=C(Nc1ccn(-c2ncccc2F)n1)C1(c2ccccc2)CC1. The molecular formula is C18H15FN4O. The highest BCUT2D eigenvalue weighted by molar-refractivity contribution is 6.00. The smallest absolute Gasteiger partial charge is 0.236 e. The molecule has 24 heavy (non-hydrogen) atoms. The Bertz CT molecular complexity index is 887. The zero-order valence-corrected chi connectivity index (χ0v) is 12.8. The minimum atomic E-state index is -0.471. The second-order valence-corrected chi connectivity index (χ2v) is 5.86. The van der Waals surface area contributed by atoms with Crippen molar-refractivity contribution in [2.24, 2.45) is 0 Å². The Morgan fingerprint density at radius 3 is 2.62 bits per heavy atom. The van der Waals surface area contributed by atoms with Crippen molar-refractivity contribution in [3.05, 3.63) is 72.3 Å². The van der Waals surface area contributed by atoms with E-state index in [2.05, 4.69) is 15.4 Å². The number of amides is 1. The Morgan fingerprint density at radius 2 is 1.92 bits per heavy atom. The molecule has 0 radical (unpaired) electrons. The first kappa shape index (κ1) is 14.6. The van der Waals surface area contributed by atoms with Gasteiger partial charge < -0.3 is 5.32 Å². The summed E-state index contributed by atoms with van der Waals surface area (Å²) in [6, 6.07) is 14.2. The second kappa shape index (κ2) is 5.56. The lowest BCUT2D eigenvalue weighted by atomic mass is 9.95. The third kappa shape index (κ3) is 2.46. The van der Waals surface area contributed by atoms with Crippen molar-refractivity contribution in [3.63, 3.8) is 0 Å². The third-order valence-corrected chi connectivity index (χ3v) is 4.30. The normalized spacial score (nSPS) is 15.0. The number of pyridine rings is 1. The van der Waals surface area contributed by atoms with Crippen LogP contribution in [0.15, 0.2) is 60.9 Å². The van der Waals surface area contributed by atoms with Gasteiger partial charge in [-0.25, -0.2) is 14.1 Å². The minimum Gasteiger partial charge on any atom is -0.308 e. The van der Waals surface area contributed by atoms with Crippen LogP contribution >= 0.6 is 0 Å². The van der Waals surface area contributed by atoms with E-state index in [-0.39, 0.29) is 11.7 Å². The summed E-state index contributed by atoms with van der Waals surface area (Å²) < 4.78 is 15.1. The van der Waals surface area contributed by atoms with E-state index in [1.165, 1.54) is 23.0 Å². The van der Waals surface area contributed by atoms with Crippen molar-refractivity contribution in [1.82, 2.24) is 14.8 Å². The van der Waals surface area contributed by atoms with Crippen LogP contribution in [0.4, 0.5) is 10.2 Å². The predicted octanol–water partition coefficient (Wildman–Crippen LogP) is 3.08. The van der Waals surface area contributed by atoms with E-state index in [1.807, 2.05) is 30.3 Å². The molecule has 6 heteroatoms. The number of rotatable bonds is 4. The Balaban J connectivity index is 1.55. The van der Waals surface area contributed by atoms with Crippen LogP contribution in [0.25, 0.3) is 5.82 Å². The highest BCUT2D eigenvalue weighted by Gasteiger charge is 2.51. The summed E-state index contributed by atoms with van der Waals surface area (Å²) >= 11 is 0. The second-order valence-electron chi connectivity index (χ2n) is 5.86. The molecule has 0 saturated heterocycles. The Hall–Kier alpha value is -3.02. The maximum absolute atomic E-state index is 13.8. The van der Waals surface area contributed by atoms with Crippen molar-refractivity contribution < 1.29 is 9.18 Å². The molecule has 2 heterocycles. The first-order valence-electron chi connectivity index (χ1n) is 7.73. The van der Waals surface area contributed by atoms with Gasteiger partial charge in [0.2, 0.25) is 5.91 Å². The van der Waals surface area contributed by atoms with E-state index in [9.17, 15) is 9.18 Å². The van der Waals surface area contributed by atoms with Gasteiger partial charge in [0.05, 0.1) is 5.41 Å². The monoisotopic (exact) mass is 322 g/mol. The number of nitrogens with one attached hydrogen (secondary N) is 1. The summed E-state index contributed by atoms with van der Waals surface area (Å²) in [6.07, 6.45) is 4.70. The topological polar surface area (TPSA) is 59.8 Å². The fourth-order valence-electron chi connectivity index (χ4n) is 2.82. The number of aromatic nitrogens is 3. The number of carbonyl (C=O) groups is 1. The highest BCUT2D eigenvalue weighted by Crippen LogP contribution is 2.48. The van der Waals surface area contributed by atoms with Gasteiger partial charge in [-0.05, 0) is 30.5 Å². The van der Waals surface area contributed by atoms with E-state index in [4.69, 9.17) is 0 Å². The summed E-state index contributed by atoms with van der Waals surface area (Å²) in [5.74, 6) is -0.0729. The van der Waals surface area contributed by atoms with Crippen LogP contribution in [-0.4, -0.2) is 20.7 Å². The summed E-state index contributed by atoms with van der Waals surface area (Å²) in [5.41, 5.74) is 0.541. The molecule has 3 aromatic rings. The highest BCUT2D eigenvalue weighted by atomic mass is 19.1. The van der Waals surface area contributed by atoms with Gasteiger partial charge in [-0.3, -0.25) is 4.79 Å². The fraction of sp³-hybridized carbons (Fsp3) is 0.167. The summed E-state index contributed by atoms with van der Waals surface area (Å²) in [5, 5.41) is 7.03. The molecule has 0 aliphatic heterocycles. The van der Waals surface area contributed by atoms with E-state index >= 15 is 0 Å². The first-order valence-corrected chi connectivity index (χ1v) is 7.73. The van der Waals surface area contributed by atoms with Crippen molar-refractivity contribution >= 4 is 11.7 Å². The third-order valence-electron chi connectivity index (χ3n) is 4.30. The number of hydrogen-bond donors (Lipinski definition) is 1. The Kier molecular flexibility index (Phi) is 3.37. The zero-order chi connectivity index (χ0) is 16.6. The number of benzene rings is 1. The summed E-state index contributed by atoms with van der Waals surface area (Å²) in [7, 11) is 0. The van der Waals surface area contributed by atoms with Crippen molar-refractivity contribution in [3.8, 4) is 5.82 Å². The van der Waals surface area contributed by atoms with Gasteiger partial charge in [-0.1, -0.05) is 30.3 Å². The summed E-state index contributed by atoms with van der Waals surface area (Å²) in [4.78, 5) is 16.6. The molecule has 5 nitrogen and oxygen atoms in total. The van der Waals surface area contributed by atoms with E-state index in [0.717, 1.165) is 18.4 Å². The van der Waals surface area contributed by atoms with Gasteiger partial charge in [-0.15, -0.1) is 5.10 Å². The molecule has 1 amide bonds. The molecule has 2 aromatic heterocycles. The lowest BCUT2D eigenvalue weighted by molar-refractivity contribution is -0.118. The standard InChI is InChI=1S/C18H15FN4O/c19-14-7-4-11-20-16(14)23-12-8-15(22-23)21-17(24)18(9-10-18)13-5-2-1-3-6-13/h1-8,11-12H,9-10H2,(H,21,22,24). The van der Waals surface area contributed by atoms with Gasteiger partial charge in [0.15, 0.2) is 17.5 Å². The van der Waals surface area contributed by atoms with Crippen LogP contribution in [0, 0.1) is 5.82 Å². The van der Waals surface area contributed by atoms with E-state index in [1.54, 1.807) is 12.3 Å². The molecular weight excluding hydrogens is 307 g/mol. The molecule has 1 aromatic carbocycles. The molecule has 1 fully saturated rings. The molecule has 1 aliphatic rings. The molecule has 1 aliphatic carbocycles. The van der Waals surface area contributed by atoms with Crippen molar-refractivity contribution in [2.75, 3.05) is 5.32 Å². The number of halogens is 1.